The van der Waals surface area contributed by atoms with E-state index in [4.69, 9.17) is 0 Å². The second-order valence-electron chi connectivity index (χ2n) is 7.25. The maximum Gasteiger partial charge on any atom is -1.00 e. The molecule has 1 saturated heterocycles. The Balaban J connectivity index is 0.000000963. The van der Waals surface area contributed by atoms with E-state index in [0.717, 1.165) is 5.92 Å². The van der Waals surface area contributed by atoms with Gasteiger partial charge in [0.15, 0.2) is 0 Å². The summed E-state index contributed by atoms with van der Waals surface area (Å²) in [5.74, 6) is 0. The van der Waals surface area contributed by atoms with Crippen LogP contribution in [0.4, 0.5) is 0 Å². The summed E-state index contributed by atoms with van der Waals surface area (Å²) in [6.07, 6.45) is 4.88. The van der Waals surface area contributed by atoms with E-state index in [9.17, 15) is 0 Å². The number of rotatable bonds is 0. The quantitative estimate of drug-likeness (QED) is 0.321. The average Bonchev–Trinajstić information content (AvgIpc) is 3.35. The van der Waals surface area contributed by atoms with Crippen molar-refractivity contribution in [3.8, 4) is 0 Å². The van der Waals surface area contributed by atoms with Crippen LogP contribution in [0.5, 0.6) is 0 Å². The molecule has 0 aromatic heterocycles. The van der Waals surface area contributed by atoms with Gasteiger partial charge in [0.25, 0.3) is 0 Å². The van der Waals surface area contributed by atoms with Crippen LogP contribution in [0.2, 0.25) is 0 Å². The summed E-state index contributed by atoms with van der Waals surface area (Å²) in [4.78, 5) is 0. The Bertz CT molecular complexity index is 1350. The van der Waals surface area contributed by atoms with Crippen molar-refractivity contribution in [2.24, 2.45) is 0 Å². The molecule has 2 aliphatic carbocycles. The van der Waals surface area contributed by atoms with Gasteiger partial charge >= 0.3 is 205 Å². The molecule has 4 bridgehead atoms. The Morgan fingerprint density at radius 2 is 1.17 bits per heavy atom. The minimum absolute atomic E-state index is 0. The predicted molar refractivity (Wildman–Crippen MR) is 127 cm³/mol. The topological polar surface area (TPSA) is 0 Å². The van der Waals surface area contributed by atoms with Crippen LogP contribution in [0.1, 0.15) is 0 Å². The first-order valence-corrected chi connectivity index (χ1v) is 16.0. The number of allylic oxidation sites excluding steroid dienone is 2. The molecule has 0 N–H and O–H groups in total. The van der Waals surface area contributed by atoms with E-state index in [-0.39, 0.29) is 24.8 Å². The van der Waals surface area contributed by atoms with Crippen molar-refractivity contribution in [2.75, 3.05) is 0 Å². The fourth-order valence-electron chi connectivity index (χ4n) is 4.53. The summed E-state index contributed by atoms with van der Waals surface area (Å²) >= 11 is 13.0. The van der Waals surface area contributed by atoms with Crippen LogP contribution in [-0.2, 0) is 23.2 Å². The minimum Gasteiger partial charge on any atom is -1.00 e. The molecule has 0 nitrogen and oxygen atoms in total. The third-order valence-electron chi connectivity index (χ3n) is 5.69. The maximum absolute atomic E-state index is 3.65. The fourth-order valence-corrected chi connectivity index (χ4v) is 18.7. The maximum atomic E-state index is 3.65. The Hall–Kier alpha value is 0.873. The number of thioether (sulfide) groups is 3. The van der Waals surface area contributed by atoms with Crippen LogP contribution >= 0.6 is 67.1 Å². The first-order chi connectivity index (χ1) is 13.7. The van der Waals surface area contributed by atoms with Gasteiger partial charge in [-0.1, -0.05) is 0 Å². The minimum atomic E-state index is -0.691. The van der Waals surface area contributed by atoms with Gasteiger partial charge in [-0.15, -0.1) is 0 Å². The van der Waals surface area contributed by atoms with Crippen molar-refractivity contribution in [1.29, 1.82) is 0 Å². The molecule has 0 radical (unpaired) electrons. The van der Waals surface area contributed by atoms with Crippen molar-refractivity contribution in [3.05, 3.63) is 85.8 Å². The van der Waals surface area contributed by atoms with Crippen LogP contribution in [0.3, 0.4) is 0 Å². The second kappa shape index (κ2) is 8.27. The van der Waals surface area contributed by atoms with E-state index in [1.165, 1.54) is 49.4 Å². The third kappa shape index (κ3) is 3.27. The Labute approximate surface area is 227 Å². The molecule has 0 amide bonds. The van der Waals surface area contributed by atoms with Crippen LogP contribution in [-0.4, -0.2) is 5.92 Å². The molecular formula is C22H10Br2Cl2S3Zr. The molecule has 0 spiro atoms. The molecule has 2 aromatic rings. The van der Waals surface area contributed by atoms with Gasteiger partial charge in [0.2, 0.25) is 0 Å². The van der Waals surface area contributed by atoms with Gasteiger partial charge in [-0.3, -0.25) is 0 Å². The monoisotopic (exact) mass is 688 g/mol. The van der Waals surface area contributed by atoms with Gasteiger partial charge in [-0.2, -0.15) is 0 Å². The zero-order valence-corrected chi connectivity index (χ0v) is 24.6. The average molecular weight is 692 g/mol. The number of hydrogen-bond acceptors (Lipinski definition) is 3. The summed E-state index contributed by atoms with van der Waals surface area (Å²) < 4.78 is 6.88. The number of benzene rings is 2. The smallest absolute Gasteiger partial charge is 1.00 e. The van der Waals surface area contributed by atoms with E-state index in [1.807, 2.05) is 11.8 Å². The summed E-state index contributed by atoms with van der Waals surface area (Å²) in [5.41, 5.74) is 6.34. The van der Waals surface area contributed by atoms with Gasteiger partial charge < -0.3 is 24.8 Å². The first-order valence-electron chi connectivity index (χ1n) is 8.95. The molecule has 2 unspecified atom stereocenters. The summed E-state index contributed by atoms with van der Waals surface area (Å²) in [6.45, 7) is 0. The summed E-state index contributed by atoms with van der Waals surface area (Å²) in [5, 5.41) is 5.76. The van der Waals surface area contributed by atoms with Gasteiger partial charge in [-0.25, -0.2) is 0 Å². The van der Waals surface area contributed by atoms with Crippen molar-refractivity contribution in [1.82, 2.24) is 0 Å². The third-order valence-corrected chi connectivity index (χ3v) is 16.6. The standard InChI is InChI=1S/C22H10Br2S3.2ClH.Zr/c23-13-1-3-15-11(5-13)7-17-19(15)9-25-21(17)27-22-18-8-12-6-14(24)2-4-16(12)20(18)10-26-22;;;/h1-10H;2*1H;/q;;;+2/p-2. The van der Waals surface area contributed by atoms with E-state index in [2.05, 4.69) is 104 Å². The van der Waals surface area contributed by atoms with E-state index >= 15 is 0 Å². The molecule has 5 aliphatic rings. The SMILES string of the molecule is Brc1ccc2c(c1)=CC1=C3SC4=C5C=c6cc(Br)ccc6=C5[CH](S4)[Zr+2][CH](S3)C=21.[Cl-].[Cl-]. The second-order valence-corrected chi connectivity index (χ2v) is 18.6. The van der Waals surface area contributed by atoms with Gasteiger partial charge in [0, 0.05) is 0 Å². The van der Waals surface area contributed by atoms with Crippen LogP contribution < -0.4 is 45.7 Å². The molecule has 3 aliphatic heterocycles. The molecule has 30 heavy (non-hydrogen) atoms. The summed E-state index contributed by atoms with van der Waals surface area (Å²) in [6, 6.07) is 13.6. The Kier molecular flexibility index (Phi) is 6.25. The van der Waals surface area contributed by atoms with Crippen molar-refractivity contribution in [3.63, 3.8) is 0 Å². The molecule has 2 atom stereocenters. The first kappa shape index (κ1) is 22.7. The molecule has 148 valence electrons. The van der Waals surface area contributed by atoms with Gasteiger partial charge in [0.1, 0.15) is 0 Å². The largest absolute Gasteiger partial charge is 1.00 e. The van der Waals surface area contributed by atoms with Crippen molar-refractivity contribution in [2.45, 2.75) is 5.92 Å². The molecule has 0 saturated carbocycles. The van der Waals surface area contributed by atoms with Crippen molar-refractivity contribution >= 4 is 90.4 Å². The summed E-state index contributed by atoms with van der Waals surface area (Å²) in [7, 11) is 0. The van der Waals surface area contributed by atoms with Crippen LogP contribution in [0, 0.1) is 0 Å². The van der Waals surface area contributed by atoms with E-state index < -0.39 is 23.2 Å². The fraction of sp³-hybridized carbons (Fsp3) is 0.0909. The predicted octanol–water partition coefficient (Wildman–Crippen LogP) is -1.79. The molecule has 2 aromatic carbocycles. The molecular weight excluding hydrogens is 682 g/mol. The van der Waals surface area contributed by atoms with Crippen LogP contribution in [0.15, 0.2) is 65.0 Å². The van der Waals surface area contributed by atoms with Gasteiger partial charge in [-0.05, 0) is 0 Å². The molecule has 7 rings (SSSR count). The molecule has 1 fully saturated rings. The zero-order chi connectivity index (χ0) is 18.6. The van der Waals surface area contributed by atoms with Crippen molar-refractivity contribution < 1.29 is 48.0 Å². The number of halogens is 4. The molecule has 3 heterocycles. The Morgan fingerprint density at radius 3 is 1.63 bits per heavy atom. The zero-order valence-electron chi connectivity index (χ0n) is 15.0. The number of fused-ring (bicyclic) bond motifs is 10. The molecule has 8 heteroatoms. The Morgan fingerprint density at radius 1 is 0.700 bits per heavy atom. The van der Waals surface area contributed by atoms with E-state index in [1.54, 1.807) is 11.1 Å². The van der Waals surface area contributed by atoms with Crippen LogP contribution in [0.25, 0.3) is 23.3 Å². The normalized spacial score (nSPS) is 23.5. The van der Waals surface area contributed by atoms with Gasteiger partial charge in [0.05, 0.1) is 0 Å². The number of hydrogen-bond donors (Lipinski definition) is 0. The van der Waals surface area contributed by atoms with E-state index in [0.29, 0.717) is 0 Å².